The fourth-order valence-electron chi connectivity index (χ4n) is 2.56. The Balaban J connectivity index is 1.63. The van der Waals surface area contributed by atoms with E-state index in [1.165, 1.54) is 44.5 Å². The second kappa shape index (κ2) is 6.22. The molecule has 17 heavy (non-hydrogen) atoms. The topological polar surface area (TPSA) is 28.4 Å². The van der Waals surface area contributed by atoms with Gasteiger partial charge in [0.25, 0.3) is 0 Å². The van der Waals surface area contributed by atoms with Crippen LogP contribution in [0.2, 0.25) is 0 Å². The molecule has 3 nitrogen and oxygen atoms in total. The van der Waals surface area contributed by atoms with E-state index in [1.807, 2.05) is 6.92 Å². The van der Waals surface area contributed by atoms with Crippen molar-refractivity contribution in [1.29, 1.82) is 0 Å². The van der Waals surface area contributed by atoms with E-state index in [0.29, 0.717) is 0 Å². The van der Waals surface area contributed by atoms with Crippen LogP contribution in [0.15, 0.2) is 16.7 Å². The van der Waals surface area contributed by atoms with Crippen molar-refractivity contribution in [3.8, 4) is 0 Å². The lowest BCUT2D eigenvalue weighted by Gasteiger charge is -2.17. The molecule has 96 valence electrons. The fourth-order valence-corrected chi connectivity index (χ4v) is 2.56. The molecule has 1 saturated heterocycles. The zero-order valence-corrected chi connectivity index (χ0v) is 11.0. The largest absolute Gasteiger partial charge is 0.469 e. The quantitative estimate of drug-likeness (QED) is 0.822. The molecule has 0 saturated carbocycles. The van der Waals surface area contributed by atoms with Crippen LogP contribution in [0.4, 0.5) is 0 Å². The van der Waals surface area contributed by atoms with Gasteiger partial charge in [-0.3, -0.25) is 0 Å². The summed E-state index contributed by atoms with van der Waals surface area (Å²) in [5, 5.41) is 3.43. The molecule has 0 aliphatic carbocycles. The monoisotopic (exact) mass is 236 g/mol. The highest BCUT2D eigenvalue weighted by molar-refractivity contribution is 5.14. The van der Waals surface area contributed by atoms with Crippen LogP contribution < -0.4 is 5.32 Å². The summed E-state index contributed by atoms with van der Waals surface area (Å²) in [4.78, 5) is 2.39. The third kappa shape index (κ3) is 3.86. The van der Waals surface area contributed by atoms with Gasteiger partial charge in [-0.25, -0.2) is 0 Å². The maximum Gasteiger partial charge on any atom is 0.105 e. The Morgan fingerprint density at radius 2 is 2.41 bits per heavy atom. The number of nitrogens with one attached hydrogen (secondary N) is 1. The number of hydrogen-bond acceptors (Lipinski definition) is 3. The molecule has 1 unspecified atom stereocenters. The van der Waals surface area contributed by atoms with Gasteiger partial charge < -0.3 is 14.6 Å². The van der Waals surface area contributed by atoms with Crippen molar-refractivity contribution in [1.82, 2.24) is 10.2 Å². The lowest BCUT2D eigenvalue weighted by atomic mass is 10.0. The molecule has 1 atom stereocenters. The van der Waals surface area contributed by atoms with Gasteiger partial charge in [0.1, 0.15) is 5.76 Å². The third-order valence-electron chi connectivity index (χ3n) is 3.72. The molecule has 1 aromatic rings. The normalized spacial score (nSPS) is 20.3. The van der Waals surface area contributed by atoms with Crippen LogP contribution in [-0.2, 0) is 6.54 Å². The van der Waals surface area contributed by atoms with Crippen molar-refractivity contribution in [2.75, 3.05) is 26.7 Å². The first-order chi connectivity index (χ1) is 8.25. The standard InChI is InChI=1S/C14H24N2O/c1-12-14(6-9-17-12)11-16(2)8-3-4-13-5-7-15-10-13/h6,9,13,15H,3-5,7-8,10-11H2,1-2H3. The molecular weight excluding hydrogens is 212 g/mol. The Morgan fingerprint density at radius 1 is 1.53 bits per heavy atom. The Bertz CT molecular complexity index is 329. The van der Waals surface area contributed by atoms with Crippen molar-refractivity contribution < 1.29 is 4.42 Å². The van der Waals surface area contributed by atoms with E-state index in [0.717, 1.165) is 18.2 Å². The minimum atomic E-state index is 0.916. The molecule has 0 radical (unpaired) electrons. The van der Waals surface area contributed by atoms with E-state index >= 15 is 0 Å². The number of nitrogens with zero attached hydrogens (tertiary/aromatic N) is 1. The summed E-state index contributed by atoms with van der Waals surface area (Å²) >= 11 is 0. The molecule has 0 spiro atoms. The van der Waals surface area contributed by atoms with Gasteiger partial charge in [0.05, 0.1) is 6.26 Å². The molecule has 3 heteroatoms. The van der Waals surface area contributed by atoms with Gasteiger partial charge in [-0.15, -0.1) is 0 Å². The molecule has 1 aliphatic rings. The molecular formula is C14H24N2O. The molecule has 2 heterocycles. The minimum Gasteiger partial charge on any atom is -0.469 e. The van der Waals surface area contributed by atoms with Crippen LogP contribution in [0.1, 0.15) is 30.6 Å². The molecule has 1 aliphatic heterocycles. The summed E-state index contributed by atoms with van der Waals surface area (Å²) in [5.41, 5.74) is 1.31. The first-order valence-corrected chi connectivity index (χ1v) is 6.68. The van der Waals surface area contributed by atoms with Crippen LogP contribution in [0.5, 0.6) is 0 Å². The lowest BCUT2D eigenvalue weighted by molar-refractivity contribution is 0.306. The number of furan rings is 1. The number of aryl methyl sites for hydroxylation is 1. The lowest BCUT2D eigenvalue weighted by Crippen LogP contribution is -2.20. The summed E-state index contributed by atoms with van der Waals surface area (Å²) in [7, 11) is 2.19. The van der Waals surface area contributed by atoms with Gasteiger partial charge in [-0.2, -0.15) is 0 Å². The Labute approximate surface area is 104 Å². The van der Waals surface area contributed by atoms with Crippen LogP contribution in [0.25, 0.3) is 0 Å². The van der Waals surface area contributed by atoms with E-state index < -0.39 is 0 Å². The van der Waals surface area contributed by atoms with Crippen molar-refractivity contribution in [2.24, 2.45) is 5.92 Å². The first-order valence-electron chi connectivity index (χ1n) is 6.68. The van der Waals surface area contributed by atoms with Gasteiger partial charge in [0.2, 0.25) is 0 Å². The number of hydrogen-bond donors (Lipinski definition) is 1. The highest BCUT2D eigenvalue weighted by Gasteiger charge is 2.14. The van der Waals surface area contributed by atoms with E-state index in [1.54, 1.807) is 6.26 Å². The summed E-state index contributed by atoms with van der Waals surface area (Å²) in [6.07, 6.45) is 5.81. The van der Waals surface area contributed by atoms with Crippen LogP contribution in [-0.4, -0.2) is 31.6 Å². The van der Waals surface area contributed by atoms with Crippen molar-refractivity contribution in [3.05, 3.63) is 23.7 Å². The van der Waals surface area contributed by atoms with Crippen LogP contribution in [0, 0.1) is 12.8 Å². The van der Waals surface area contributed by atoms with Crippen molar-refractivity contribution in [2.45, 2.75) is 32.7 Å². The Morgan fingerprint density at radius 3 is 3.06 bits per heavy atom. The van der Waals surface area contributed by atoms with Gasteiger partial charge in [-0.05, 0) is 64.9 Å². The molecule has 1 N–H and O–H groups in total. The number of rotatable bonds is 6. The average molecular weight is 236 g/mol. The van der Waals surface area contributed by atoms with E-state index in [9.17, 15) is 0 Å². The summed E-state index contributed by atoms with van der Waals surface area (Å²) in [5.74, 6) is 1.97. The van der Waals surface area contributed by atoms with Gasteiger partial charge in [0.15, 0.2) is 0 Å². The molecule has 2 rings (SSSR count). The first kappa shape index (κ1) is 12.7. The molecule has 0 aromatic carbocycles. The Kier molecular flexibility index (Phi) is 4.63. The molecule has 0 bridgehead atoms. The van der Waals surface area contributed by atoms with E-state index in [2.05, 4.69) is 23.3 Å². The fraction of sp³-hybridized carbons (Fsp3) is 0.714. The minimum absolute atomic E-state index is 0.916. The highest BCUT2D eigenvalue weighted by Crippen LogP contribution is 2.15. The highest BCUT2D eigenvalue weighted by atomic mass is 16.3. The third-order valence-corrected chi connectivity index (χ3v) is 3.72. The maximum atomic E-state index is 5.32. The van der Waals surface area contributed by atoms with Crippen LogP contribution >= 0.6 is 0 Å². The molecule has 0 amide bonds. The second-order valence-electron chi connectivity index (χ2n) is 5.24. The van der Waals surface area contributed by atoms with E-state index in [4.69, 9.17) is 4.42 Å². The SMILES string of the molecule is Cc1occc1CN(C)CCCC1CCNC1. The predicted octanol–water partition coefficient (Wildman–Crippen LogP) is 2.41. The summed E-state index contributed by atoms with van der Waals surface area (Å²) in [6, 6.07) is 2.08. The predicted molar refractivity (Wildman–Crippen MR) is 70.0 cm³/mol. The zero-order chi connectivity index (χ0) is 12.1. The zero-order valence-electron chi connectivity index (χ0n) is 11.0. The summed E-state index contributed by atoms with van der Waals surface area (Å²) in [6.45, 7) is 6.67. The molecule has 1 fully saturated rings. The smallest absolute Gasteiger partial charge is 0.105 e. The van der Waals surface area contributed by atoms with Crippen molar-refractivity contribution >= 4 is 0 Å². The Hall–Kier alpha value is -0.800. The van der Waals surface area contributed by atoms with Gasteiger partial charge in [0, 0.05) is 12.1 Å². The second-order valence-corrected chi connectivity index (χ2v) is 5.24. The van der Waals surface area contributed by atoms with Gasteiger partial charge >= 0.3 is 0 Å². The average Bonchev–Trinajstić information content (AvgIpc) is 2.92. The maximum absolute atomic E-state index is 5.32. The van der Waals surface area contributed by atoms with Crippen molar-refractivity contribution in [3.63, 3.8) is 0 Å². The molecule has 1 aromatic heterocycles. The van der Waals surface area contributed by atoms with Gasteiger partial charge in [-0.1, -0.05) is 0 Å². The van der Waals surface area contributed by atoms with E-state index in [-0.39, 0.29) is 0 Å². The van der Waals surface area contributed by atoms with Crippen LogP contribution in [0.3, 0.4) is 0 Å². The summed E-state index contributed by atoms with van der Waals surface area (Å²) < 4.78 is 5.32.